The molecule has 1 aromatic rings. The number of hydrogen-bond acceptors (Lipinski definition) is 3. The number of nitrogens with one attached hydrogen (secondary N) is 1. The van der Waals surface area contributed by atoms with Crippen molar-refractivity contribution in [2.75, 3.05) is 6.61 Å². The second kappa shape index (κ2) is 12.2. The number of carbonyl (C=O) groups excluding carboxylic acids is 1. The van der Waals surface area contributed by atoms with Crippen molar-refractivity contribution in [1.82, 2.24) is 5.32 Å². The van der Waals surface area contributed by atoms with Gasteiger partial charge in [0.05, 0.1) is 12.6 Å². The summed E-state index contributed by atoms with van der Waals surface area (Å²) in [6.07, 6.45) is 8.32. The fourth-order valence-corrected chi connectivity index (χ4v) is 2.93. The van der Waals surface area contributed by atoms with E-state index in [1.54, 1.807) is 12.1 Å². The molecule has 0 aliphatic heterocycles. The summed E-state index contributed by atoms with van der Waals surface area (Å²) < 4.78 is 15.5. The Morgan fingerprint density at radius 1 is 1.08 bits per heavy atom. The van der Waals surface area contributed by atoms with Gasteiger partial charge < -0.3 is 15.1 Å². The van der Waals surface area contributed by atoms with Crippen LogP contribution in [0.1, 0.15) is 69.9 Å². The van der Waals surface area contributed by atoms with Crippen LogP contribution in [0.2, 0.25) is 0 Å². The van der Waals surface area contributed by atoms with Crippen LogP contribution in [0.4, 0.5) is 0 Å². The molecule has 1 atom stereocenters. The van der Waals surface area contributed by atoms with Gasteiger partial charge in [-0.15, -0.1) is 0 Å². The van der Waals surface area contributed by atoms with Gasteiger partial charge in [0.15, 0.2) is 0 Å². The van der Waals surface area contributed by atoms with E-state index in [4.69, 9.17) is 9.79 Å². The maximum Gasteiger partial charge on any atom is 0.469 e. The van der Waals surface area contributed by atoms with Gasteiger partial charge in [0.25, 0.3) is 0 Å². The van der Waals surface area contributed by atoms with Gasteiger partial charge in [0.1, 0.15) is 0 Å². The summed E-state index contributed by atoms with van der Waals surface area (Å²) >= 11 is 0. The molecule has 0 radical (unpaired) electrons. The SMILES string of the molecule is CCCCCCCCCC(=O)N[C@H](COP(=O)(O)O)c1ccccc1. The van der Waals surface area contributed by atoms with E-state index in [0.717, 1.165) is 24.8 Å². The number of unbranched alkanes of at least 4 members (excludes halogenated alkanes) is 6. The molecule has 25 heavy (non-hydrogen) atoms. The number of amides is 1. The first-order chi connectivity index (χ1) is 11.9. The Kier molecular flexibility index (Phi) is 10.7. The van der Waals surface area contributed by atoms with Gasteiger partial charge in [0.2, 0.25) is 5.91 Å². The molecule has 142 valence electrons. The summed E-state index contributed by atoms with van der Waals surface area (Å²) in [6.45, 7) is 1.92. The van der Waals surface area contributed by atoms with E-state index >= 15 is 0 Å². The first-order valence-electron chi connectivity index (χ1n) is 8.96. The summed E-state index contributed by atoms with van der Waals surface area (Å²) in [5.74, 6) is -0.128. The molecule has 0 spiro atoms. The molecule has 0 aliphatic rings. The number of phosphoric ester groups is 1. The van der Waals surface area contributed by atoms with Crippen molar-refractivity contribution in [2.45, 2.75) is 64.3 Å². The minimum Gasteiger partial charge on any atom is -0.347 e. The van der Waals surface area contributed by atoms with Crippen molar-refractivity contribution in [3.8, 4) is 0 Å². The highest BCUT2D eigenvalue weighted by Gasteiger charge is 2.20. The molecule has 0 saturated heterocycles. The van der Waals surface area contributed by atoms with Crippen molar-refractivity contribution in [3.05, 3.63) is 35.9 Å². The maximum atomic E-state index is 12.1. The van der Waals surface area contributed by atoms with Crippen LogP contribution in [-0.2, 0) is 13.9 Å². The van der Waals surface area contributed by atoms with E-state index in [1.165, 1.54) is 25.7 Å². The normalized spacial score (nSPS) is 12.8. The van der Waals surface area contributed by atoms with Crippen LogP contribution in [0.5, 0.6) is 0 Å². The van der Waals surface area contributed by atoms with Gasteiger partial charge in [0, 0.05) is 6.42 Å². The van der Waals surface area contributed by atoms with Crippen LogP contribution in [0.25, 0.3) is 0 Å². The first-order valence-corrected chi connectivity index (χ1v) is 10.5. The third-order valence-corrected chi connectivity index (χ3v) is 4.44. The van der Waals surface area contributed by atoms with E-state index in [0.29, 0.717) is 6.42 Å². The highest BCUT2D eigenvalue weighted by molar-refractivity contribution is 7.46. The van der Waals surface area contributed by atoms with E-state index in [1.807, 2.05) is 18.2 Å². The van der Waals surface area contributed by atoms with Crippen molar-refractivity contribution >= 4 is 13.7 Å². The average Bonchev–Trinajstić information content (AvgIpc) is 2.58. The van der Waals surface area contributed by atoms with Crippen molar-refractivity contribution < 1.29 is 23.7 Å². The van der Waals surface area contributed by atoms with Crippen LogP contribution < -0.4 is 5.32 Å². The molecule has 0 unspecified atom stereocenters. The number of carbonyl (C=O) groups is 1. The van der Waals surface area contributed by atoms with E-state index in [2.05, 4.69) is 16.8 Å². The Balaban J connectivity index is 2.40. The zero-order chi connectivity index (χ0) is 18.5. The van der Waals surface area contributed by atoms with Gasteiger partial charge in [-0.25, -0.2) is 4.57 Å². The fraction of sp³-hybridized carbons (Fsp3) is 0.611. The zero-order valence-electron chi connectivity index (χ0n) is 14.9. The zero-order valence-corrected chi connectivity index (χ0v) is 15.8. The second-order valence-corrected chi connectivity index (χ2v) is 7.43. The monoisotopic (exact) mass is 371 g/mol. The molecule has 1 aromatic carbocycles. The third-order valence-electron chi connectivity index (χ3n) is 3.95. The van der Waals surface area contributed by atoms with Gasteiger partial charge in [-0.3, -0.25) is 9.32 Å². The molecule has 1 rings (SSSR count). The number of benzene rings is 1. The van der Waals surface area contributed by atoms with E-state index in [9.17, 15) is 9.36 Å². The summed E-state index contributed by atoms with van der Waals surface area (Å²) in [4.78, 5) is 29.9. The average molecular weight is 371 g/mol. The lowest BCUT2D eigenvalue weighted by Crippen LogP contribution is -2.31. The summed E-state index contributed by atoms with van der Waals surface area (Å²) in [5.41, 5.74) is 0.754. The smallest absolute Gasteiger partial charge is 0.347 e. The van der Waals surface area contributed by atoms with Crippen LogP contribution >= 0.6 is 7.82 Å². The lowest BCUT2D eigenvalue weighted by molar-refractivity contribution is -0.122. The summed E-state index contributed by atoms with van der Waals surface area (Å²) in [7, 11) is -4.57. The first kappa shape index (κ1) is 21.8. The van der Waals surface area contributed by atoms with Gasteiger partial charge in [-0.05, 0) is 12.0 Å². The minimum absolute atomic E-state index is 0.128. The minimum atomic E-state index is -4.57. The Labute approximate surface area is 150 Å². The molecule has 0 aliphatic carbocycles. The lowest BCUT2D eigenvalue weighted by Gasteiger charge is -2.19. The van der Waals surface area contributed by atoms with Gasteiger partial charge >= 0.3 is 7.82 Å². The highest BCUT2D eigenvalue weighted by atomic mass is 31.2. The molecule has 0 heterocycles. The Morgan fingerprint density at radius 2 is 1.68 bits per heavy atom. The molecular weight excluding hydrogens is 341 g/mol. The molecule has 0 bridgehead atoms. The maximum absolute atomic E-state index is 12.1. The fourth-order valence-electron chi connectivity index (χ4n) is 2.59. The molecule has 6 nitrogen and oxygen atoms in total. The molecule has 0 saturated carbocycles. The molecule has 1 amide bonds. The van der Waals surface area contributed by atoms with Crippen molar-refractivity contribution in [3.63, 3.8) is 0 Å². The Bertz CT molecular complexity index is 532. The van der Waals surface area contributed by atoms with Crippen LogP contribution in [0.15, 0.2) is 30.3 Å². The molecule has 0 fully saturated rings. The summed E-state index contributed by atoms with van der Waals surface area (Å²) in [5, 5.41) is 2.81. The largest absolute Gasteiger partial charge is 0.469 e. The van der Waals surface area contributed by atoms with Crippen LogP contribution in [0, 0.1) is 0 Å². The highest BCUT2D eigenvalue weighted by Crippen LogP contribution is 2.37. The summed E-state index contributed by atoms with van der Waals surface area (Å²) in [6, 6.07) is 8.46. The number of hydrogen-bond donors (Lipinski definition) is 3. The van der Waals surface area contributed by atoms with Crippen molar-refractivity contribution in [1.29, 1.82) is 0 Å². The predicted molar refractivity (Wildman–Crippen MR) is 97.9 cm³/mol. The predicted octanol–water partition coefficient (Wildman–Crippen LogP) is 4.09. The third kappa shape index (κ3) is 11.1. The number of phosphoric acid groups is 1. The standard InChI is InChI=1S/C18H30NO5P/c1-2-3-4-5-6-7-11-14-18(20)19-17(15-24-25(21,22)23)16-12-9-8-10-13-16/h8-10,12-13,17H,2-7,11,14-15H2,1H3,(H,19,20)(H2,21,22,23)/t17-/m1/s1. The second-order valence-electron chi connectivity index (χ2n) is 6.19. The lowest BCUT2D eigenvalue weighted by atomic mass is 10.1. The quantitative estimate of drug-likeness (QED) is 0.358. The van der Waals surface area contributed by atoms with Crippen molar-refractivity contribution in [2.24, 2.45) is 0 Å². The van der Waals surface area contributed by atoms with Crippen LogP contribution in [0.3, 0.4) is 0 Å². The number of rotatable bonds is 13. The van der Waals surface area contributed by atoms with E-state index < -0.39 is 13.9 Å². The molecular formula is C18H30NO5P. The van der Waals surface area contributed by atoms with Gasteiger partial charge in [-0.1, -0.05) is 75.8 Å². The molecule has 7 heteroatoms. The topological polar surface area (TPSA) is 95.9 Å². The molecule has 0 aromatic heterocycles. The Morgan fingerprint density at radius 3 is 2.28 bits per heavy atom. The molecule has 3 N–H and O–H groups in total. The van der Waals surface area contributed by atoms with E-state index in [-0.39, 0.29) is 12.5 Å². The van der Waals surface area contributed by atoms with Gasteiger partial charge in [-0.2, -0.15) is 0 Å². The van der Waals surface area contributed by atoms with Crippen LogP contribution in [-0.4, -0.2) is 22.3 Å². The Hall–Kier alpha value is -1.20.